The van der Waals surface area contributed by atoms with Gasteiger partial charge in [-0.25, -0.2) is 0 Å². The van der Waals surface area contributed by atoms with Crippen LogP contribution in [0.3, 0.4) is 0 Å². The van der Waals surface area contributed by atoms with E-state index < -0.39 is 0 Å². The summed E-state index contributed by atoms with van der Waals surface area (Å²) >= 11 is 0. The first-order valence-electron chi connectivity index (χ1n) is 7.40. The SMILES string of the molecule is CCc1ccc(C(=O)N2CCC3CCC(C2)N3)cc1. The van der Waals surface area contributed by atoms with E-state index in [1.807, 2.05) is 17.0 Å². The van der Waals surface area contributed by atoms with Crippen LogP contribution in [0.25, 0.3) is 0 Å². The quantitative estimate of drug-likeness (QED) is 0.882. The van der Waals surface area contributed by atoms with E-state index in [-0.39, 0.29) is 5.91 Å². The second-order valence-electron chi connectivity index (χ2n) is 5.73. The van der Waals surface area contributed by atoms with Crippen molar-refractivity contribution in [1.82, 2.24) is 10.2 Å². The van der Waals surface area contributed by atoms with E-state index in [1.54, 1.807) is 0 Å². The van der Waals surface area contributed by atoms with E-state index in [1.165, 1.54) is 18.4 Å². The van der Waals surface area contributed by atoms with Gasteiger partial charge in [-0.1, -0.05) is 19.1 Å². The zero-order chi connectivity index (χ0) is 13.2. The highest BCUT2D eigenvalue weighted by atomic mass is 16.2. The molecule has 2 atom stereocenters. The monoisotopic (exact) mass is 258 g/mol. The zero-order valence-electron chi connectivity index (χ0n) is 11.6. The molecule has 2 saturated heterocycles. The number of likely N-dealkylation sites (tertiary alicyclic amines) is 1. The lowest BCUT2D eigenvalue weighted by Crippen LogP contribution is -2.39. The van der Waals surface area contributed by atoms with Crippen molar-refractivity contribution in [2.24, 2.45) is 0 Å². The summed E-state index contributed by atoms with van der Waals surface area (Å²) in [5.74, 6) is 0.192. The maximum Gasteiger partial charge on any atom is 0.253 e. The predicted octanol–water partition coefficient (Wildman–Crippen LogP) is 2.22. The molecule has 0 saturated carbocycles. The number of nitrogens with zero attached hydrogens (tertiary/aromatic N) is 1. The maximum atomic E-state index is 12.5. The van der Waals surface area contributed by atoms with Gasteiger partial charge in [0.2, 0.25) is 0 Å². The van der Waals surface area contributed by atoms with Crippen LogP contribution in [0.15, 0.2) is 24.3 Å². The van der Waals surface area contributed by atoms with Gasteiger partial charge in [-0.3, -0.25) is 4.79 Å². The third-order valence-corrected chi connectivity index (χ3v) is 4.42. The van der Waals surface area contributed by atoms with Gasteiger partial charge in [-0.05, 0) is 43.4 Å². The fourth-order valence-electron chi connectivity index (χ4n) is 3.19. The summed E-state index contributed by atoms with van der Waals surface area (Å²) in [5.41, 5.74) is 2.11. The summed E-state index contributed by atoms with van der Waals surface area (Å²) in [4.78, 5) is 14.6. The maximum absolute atomic E-state index is 12.5. The Hall–Kier alpha value is -1.35. The van der Waals surface area contributed by atoms with Gasteiger partial charge in [0.15, 0.2) is 0 Å². The van der Waals surface area contributed by atoms with Gasteiger partial charge in [-0.15, -0.1) is 0 Å². The van der Waals surface area contributed by atoms with Crippen molar-refractivity contribution < 1.29 is 4.79 Å². The Morgan fingerprint density at radius 3 is 2.68 bits per heavy atom. The summed E-state index contributed by atoms with van der Waals surface area (Å²) < 4.78 is 0. The van der Waals surface area contributed by atoms with Gasteiger partial charge >= 0.3 is 0 Å². The summed E-state index contributed by atoms with van der Waals surface area (Å²) in [7, 11) is 0. The number of carbonyl (C=O) groups is 1. The second kappa shape index (κ2) is 5.33. The second-order valence-corrected chi connectivity index (χ2v) is 5.73. The van der Waals surface area contributed by atoms with Crippen LogP contribution in [-0.4, -0.2) is 36.0 Å². The highest BCUT2D eigenvalue weighted by Gasteiger charge is 2.31. The Bertz CT molecular complexity index is 454. The molecule has 3 rings (SSSR count). The van der Waals surface area contributed by atoms with Crippen LogP contribution in [0.4, 0.5) is 0 Å². The number of hydrogen-bond acceptors (Lipinski definition) is 2. The highest BCUT2D eigenvalue weighted by Crippen LogP contribution is 2.21. The van der Waals surface area contributed by atoms with E-state index >= 15 is 0 Å². The number of aryl methyl sites for hydroxylation is 1. The van der Waals surface area contributed by atoms with Crippen molar-refractivity contribution in [3.05, 3.63) is 35.4 Å². The molecule has 0 aromatic heterocycles. The molecule has 3 heteroatoms. The summed E-state index contributed by atoms with van der Waals surface area (Å²) in [6, 6.07) is 9.21. The van der Waals surface area contributed by atoms with Crippen LogP contribution in [0, 0.1) is 0 Å². The zero-order valence-corrected chi connectivity index (χ0v) is 11.6. The number of hydrogen-bond donors (Lipinski definition) is 1. The third kappa shape index (κ3) is 2.66. The van der Waals surface area contributed by atoms with Crippen LogP contribution >= 0.6 is 0 Å². The smallest absolute Gasteiger partial charge is 0.253 e. The number of benzene rings is 1. The van der Waals surface area contributed by atoms with Gasteiger partial charge in [0.05, 0.1) is 0 Å². The fourth-order valence-corrected chi connectivity index (χ4v) is 3.19. The standard InChI is InChI=1S/C16H22N2O/c1-2-12-3-5-13(6-4-12)16(19)18-10-9-14-7-8-15(11-18)17-14/h3-6,14-15,17H,2,7-11H2,1H3. The Morgan fingerprint density at radius 2 is 1.95 bits per heavy atom. The molecule has 1 aromatic rings. The molecule has 2 fully saturated rings. The normalized spacial score (nSPS) is 26.3. The molecule has 2 aliphatic heterocycles. The lowest BCUT2D eigenvalue weighted by molar-refractivity contribution is 0.0748. The molecule has 2 bridgehead atoms. The number of rotatable bonds is 2. The van der Waals surface area contributed by atoms with Gasteiger partial charge in [0, 0.05) is 30.7 Å². The van der Waals surface area contributed by atoms with Crippen LogP contribution in [0.2, 0.25) is 0 Å². The Morgan fingerprint density at radius 1 is 1.21 bits per heavy atom. The minimum atomic E-state index is 0.192. The number of amides is 1. The molecule has 2 heterocycles. The molecular formula is C16H22N2O. The minimum absolute atomic E-state index is 0.192. The van der Waals surface area contributed by atoms with Crippen LogP contribution in [0.1, 0.15) is 42.1 Å². The van der Waals surface area contributed by atoms with Crippen molar-refractivity contribution >= 4 is 5.91 Å². The van der Waals surface area contributed by atoms with Crippen molar-refractivity contribution in [3.63, 3.8) is 0 Å². The van der Waals surface area contributed by atoms with E-state index in [4.69, 9.17) is 0 Å². The predicted molar refractivity (Wildman–Crippen MR) is 76.3 cm³/mol. The topological polar surface area (TPSA) is 32.3 Å². The molecule has 2 aliphatic rings. The van der Waals surface area contributed by atoms with E-state index in [0.717, 1.165) is 31.5 Å². The van der Waals surface area contributed by atoms with Gasteiger partial charge in [-0.2, -0.15) is 0 Å². The van der Waals surface area contributed by atoms with Crippen LogP contribution in [0.5, 0.6) is 0 Å². The van der Waals surface area contributed by atoms with Gasteiger partial charge in [0.1, 0.15) is 0 Å². The average molecular weight is 258 g/mol. The largest absolute Gasteiger partial charge is 0.337 e. The molecular weight excluding hydrogens is 236 g/mol. The van der Waals surface area contributed by atoms with E-state index in [2.05, 4.69) is 24.4 Å². The van der Waals surface area contributed by atoms with E-state index in [9.17, 15) is 4.79 Å². The molecule has 1 aromatic carbocycles. The Labute approximate surface area is 115 Å². The third-order valence-electron chi connectivity index (χ3n) is 4.42. The molecule has 2 unspecified atom stereocenters. The van der Waals surface area contributed by atoms with Crippen LogP contribution in [-0.2, 0) is 6.42 Å². The van der Waals surface area contributed by atoms with Crippen molar-refractivity contribution in [2.45, 2.75) is 44.7 Å². The first-order valence-corrected chi connectivity index (χ1v) is 7.40. The number of carbonyl (C=O) groups excluding carboxylic acids is 1. The van der Waals surface area contributed by atoms with E-state index in [0.29, 0.717) is 12.1 Å². The first kappa shape index (κ1) is 12.7. The van der Waals surface area contributed by atoms with Crippen molar-refractivity contribution in [3.8, 4) is 0 Å². The molecule has 0 aliphatic carbocycles. The number of fused-ring (bicyclic) bond motifs is 2. The number of nitrogens with one attached hydrogen (secondary N) is 1. The molecule has 1 amide bonds. The van der Waals surface area contributed by atoms with Gasteiger partial charge < -0.3 is 10.2 Å². The van der Waals surface area contributed by atoms with Gasteiger partial charge in [0.25, 0.3) is 5.91 Å². The lowest BCUT2D eigenvalue weighted by atomic mass is 10.1. The fraction of sp³-hybridized carbons (Fsp3) is 0.562. The lowest BCUT2D eigenvalue weighted by Gasteiger charge is -2.24. The van der Waals surface area contributed by atoms with Crippen LogP contribution < -0.4 is 5.32 Å². The average Bonchev–Trinajstić information content (AvgIpc) is 2.78. The Kier molecular flexibility index (Phi) is 3.56. The highest BCUT2D eigenvalue weighted by molar-refractivity contribution is 5.94. The first-order chi connectivity index (χ1) is 9.26. The van der Waals surface area contributed by atoms with Crippen molar-refractivity contribution in [2.75, 3.05) is 13.1 Å². The summed E-state index contributed by atoms with van der Waals surface area (Å²) in [5, 5.41) is 3.61. The summed E-state index contributed by atoms with van der Waals surface area (Å²) in [6.45, 7) is 3.89. The molecule has 1 N–H and O–H groups in total. The minimum Gasteiger partial charge on any atom is -0.337 e. The Balaban J connectivity index is 1.71. The molecule has 0 spiro atoms. The molecule has 0 radical (unpaired) electrons. The molecule has 102 valence electrons. The molecule has 3 nitrogen and oxygen atoms in total. The van der Waals surface area contributed by atoms with Crippen molar-refractivity contribution in [1.29, 1.82) is 0 Å². The summed E-state index contributed by atoms with van der Waals surface area (Å²) in [6.07, 6.45) is 4.60. The molecule has 19 heavy (non-hydrogen) atoms.